The van der Waals surface area contributed by atoms with Crippen LogP contribution in [-0.4, -0.2) is 4.98 Å². The first kappa shape index (κ1) is 12.2. The maximum Gasteiger partial charge on any atom is 0.132 e. The lowest BCUT2D eigenvalue weighted by Gasteiger charge is -2.09. The van der Waals surface area contributed by atoms with E-state index in [2.05, 4.69) is 26.2 Å². The number of nitrogens with two attached hydrogens (primary N) is 1. The minimum Gasteiger partial charge on any atom is -0.398 e. The molecule has 88 valence electrons. The number of aromatic nitrogens is 1. The Morgan fingerprint density at radius 1 is 1.35 bits per heavy atom. The van der Waals surface area contributed by atoms with E-state index >= 15 is 0 Å². The van der Waals surface area contributed by atoms with Crippen LogP contribution < -0.4 is 11.1 Å². The van der Waals surface area contributed by atoms with Crippen molar-refractivity contribution in [3.8, 4) is 0 Å². The summed E-state index contributed by atoms with van der Waals surface area (Å²) >= 11 is 9.30. The number of nitrogens with one attached hydrogen (secondary N) is 1. The lowest BCUT2D eigenvalue weighted by molar-refractivity contribution is 1.26. The van der Waals surface area contributed by atoms with Gasteiger partial charge in [0.15, 0.2) is 0 Å². The van der Waals surface area contributed by atoms with Gasteiger partial charge in [-0.15, -0.1) is 0 Å². The standard InChI is InChI=1S/C12H11BrClN3/c1-7-6-16-12(5-10(7)15)17-11-3-2-8(14)4-9(11)13/h2-6H,1H3,(H3,15,16,17). The zero-order valence-electron chi connectivity index (χ0n) is 9.17. The molecule has 0 saturated heterocycles. The second-order valence-electron chi connectivity index (χ2n) is 3.68. The number of aryl methyl sites for hydroxylation is 1. The van der Waals surface area contributed by atoms with Crippen molar-refractivity contribution >= 4 is 44.7 Å². The number of benzene rings is 1. The van der Waals surface area contributed by atoms with Gasteiger partial charge in [0.1, 0.15) is 5.82 Å². The quantitative estimate of drug-likeness (QED) is 0.876. The zero-order valence-corrected chi connectivity index (χ0v) is 11.5. The molecule has 3 N–H and O–H groups in total. The lowest BCUT2D eigenvalue weighted by atomic mass is 10.2. The summed E-state index contributed by atoms with van der Waals surface area (Å²) in [6.45, 7) is 1.92. The molecule has 0 bridgehead atoms. The fraction of sp³-hybridized carbons (Fsp3) is 0.0833. The van der Waals surface area contributed by atoms with Gasteiger partial charge in [-0.05, 0) is 46.6 Å². The fourth-order valence-electron chi connectivity index (χ4n) is 1.34. The first-order chi connectivity index (χ1) is 8.06. The number of anilines is 3. The van der Waals surface area contributed by atoms with E-state index in [-0.39, 0.29) is 0 Å². The van der Waals surface area contributed by atoms with E-state index in [9.17, 15) is 0 Å². The maximum atomic E-state index is 5.87. The summed E-state index contributed by atoms with van der Waals surface area (Å²) in [4.78, 5) is 4.25. The van der Waals surface area contributed by atoms with Crippen LogP contribution in [0.1, 0.15) is 5.56 Å². The van der Waals surface area contributed by atoms with Crippen molar-refractivity contribution in [3.05, 3.63) is 45.5 Å². The largest absolute Gasteiger partial charge is 0.398 e. The highest BCUT2D eigenvalue weighted by atomic mass is 79.9. The van der Waals surface area contributed by atoms with Crippen molar-refractivity contribution in [3.63, 3.8) is 0 Å². The van der Waals surface area contributed by atoms with Crippen molar-refractivity contribution in [1.82, 2.24) is 4.98 Å². The van der Waals surface area contributed by atoms with Crippen molar-refractivity contribution < 1.29 is 0 Å². The fourth-order valence-corrected chi connectivity index (χ4v) is 2.12. The molecule has 0 aliphatic carbocycles. The third-order valence-electron chi connectivity index (χ3n) is 2.34. The van der Waals surface area contributed by atoms with E-state index in [1.165, 1.54) is 0 Å². The zero-order chi connectivity index (χ0) is 12.4. The number of hydrogen-bond acceptors (Lipinski definition) is 3. The van der Waals surface area contributed by atoms with E-state index in [1.807, 2.05) is 25.1 Å². The molecule has 1 aromatic heterocycles. The molecule has 0 saturated carbocycles. The minimum absolute atomic E-state index is 0.679. The summed E-state index contributed by atoms with van der Waals surface area (Å²) in [7, 11) is 0. The molecule has 2 rings (SSSR count). The predicted octanol–water partition coefficient (Wildman–Crippen LogP) is 4.13. The molecule has 0 unspecified atom stereocenters. The van der Waals surface area contributed by atoms with Gasteiger partial charge in [-0.3, -0.25) is 0 Å². The number of nitrogen functional groups attached to an aromatic ring is 1. The summed E-state index contributed by atoms with van der Waals surface area (Å²) in [5.74, 6) is 0.705. The molecule has 0 aliphatic rings. The number of rotatable bonds is 2. The maximum absolute atomic E-state index is 5.87. The summed E-state index contributed by atoms with van der Waals surface area (Å²) in [5, 5.41) is 3.85. The van der Waals surface area contributed by atoms with Crippen LogP contribution in [0, 0.1) is 6.92 Å². The van der Waals surface area contributed by atoms with Crippen LogP contribution in [0.15, 0.2) is 34.9 Å². The molecule has 0 atom stereocenters. The number of hydrogen-bond donors (Lipinski definition) is 2. The van der Waals surface area contributed by atoms with Crippen molar-refractivity contribution in [2.24, 2.45) is 0 Å². The van der Waals surface area contributed by atoms with E-state index in [1.54, 1.807) is 12.3 Å². The molecule has 5 heteroatoms. The topological polar surface area (TPSA) is 50.9 Å². The van der Waals surface area contributed by atoms with Crippen LogP contribution in [0.2, 0.25) is 5.02 Å². The summed E-state index contributed by atoms with van der Waals surface area (Å²) in [6, 6.07) is 7.31. The highest BCUT2D eigenvalue weighted by Gasteiger charge is 2.03. The lowest BCUT2D eigenvalue weighted by Crippen LogP contribution is -1.97. The molecule has 17 heavy (non-hydrogen) atoms. The van der Waals surface area contributed by atoms with Crippen LogP contribution in [0.25, 0.3) is 0 Å². The Labute approximate surface area is 113 Å². The van der Waals surface area contributed by atoms with Crippen molar-refractivity contribution in [2.75, 3.05) is 11.1 Å². The number of pyridine rings is 1. The first-order valence-electron chi connectivity index (χ1n) is 5.00. The van der Waals surface area contributed by atoms with Gasteiger partial charge in [-0.2, -0.15) is 0 Å². The van der Waals surface area contributed by atoms with Crippen molar-refractivity contribution in [1.29, 1.82) is 0 Å². The summed E-state index contributed by atoms with van der Waals surface area (Å²) in [5.41, 5.74) is 8.40. The second kappa shape index (κ2) is 4.94. The molecular weight excluding hydrogens is 302 g/mol. The Hall–Kier alpha value is -1.26. The third-order valence-corrected chi connectivity index (χ3v) is 3.23. The smallest absolute Gasteiger partial charge is 0.132 e. The monoisotopic (exact) mass is 311 g/mol. The van der Waals surface area contributed by atoms with Crippen LogP contribution in [-0.2, 0) is 0 Å². The van der Waals surface area contributed by atoms with Crippen molar-refractivity contribution in [2.45, 2.75) is 6.92 Å². The van der Waals surface area contributed by atoms with Crippen LogP contribution in [0.3, 0.4) is 0 Å². The highest BCUT2D eigenvalue weighted by Crippen LogP contribution is 2.28. The van der Waals surface area contributed by atoms with Gasteiger partial charge in [0.05, 0.1) is 5.69 Å². The second-order valence-corrected chi connectivity index (χ2v) is 4.97. The van der Waals surface area contributed by atoms with Gasteiger partial charge in [-0.25, -0.2) is 4.98 Å². The number of nitrogens with zero attached hydrogens (tertiary/aromatic N) is 1. The average Bonchev–Trinajstić information content (AvgIpc) is 2.27. The Morgan fingerprint density at radius 2 is 2.12 bits per heavy atom. The summed E-state index contributed by atoms with van der Waals surface area (Å²) in [6.07, 6.45) is 1.74. The van der Waals surface area contributed by atoms with E-state index in [4.69, 9.17) is 17.3 Å². The molecule has 3 nitrogen and oxygen atoms in total. The molecule has 1 heterocycles. The molecule has 0 spiro atoms. The minimum atomic E-state index is 0.679. The Kier molecular flexibility index (Phi) is 3.54. The molecular formula is C12H11BrClN3. The molecule has 2 aromatic rings. The van der Waals surface area contributed by atoms with Gasteiger partial charge in [0.25, 0.3) is 0 Å². The number of halogens is 2. The SMILES string of the molecule is Cc1cnc(Nc2ccc(Cl)cc2Br)cc1N. The van der Waals surface area contributed by atoms with E-state index in [0.29, 0.717) is 16.5 Å². The third kappa shape index (κ3) is 2.90. The van der Waals surface area contributed by atoms with E-state index in [0.717, 1.165) is 15.7 Å². The Bertz CT molecular complexity index is 557. The molecule has 0 radical (unpaired) electrons. The molecule has 0 aliphatic heterocycles. The normalized spacial score (nSPS) is 10.3. The van der Waals surface area contributed by atoms with E-state index < -0.39 is 0 Å². The molecule has 1 aromatic carbocycles. The molecule has 0 fully saturated rings. The van der Waals surface area contributed by atoms with Gasteiger partial charge < -0.3 is 11.1 Å². The Morgan fingerprint density at radius 3 is 2.76 bits per heavy atom. The van der Waals surface area contributed by atoms with Gasteiger partial charge in [-0.1, -0.05) is 11.6 Å². The Balaban J connectivity index is 2.28. The van der Waals surface area contributed by atoms with Gasteiger partial charge in [0.2, 0.25) is 0 Å². The van der Waals surface area contributed by atoms with Gasteiger partial charge >= 0.3 is 0 Å². The van der Waals surface area contributed by atoms with Crippen LogP contribution in [0.4, 0.5) is 17.2 Å². The van der Waals surface area contributed by atoms with Crippen LogP contribution in [0.5, 0.6) is 0 Å². The molecule has 0 amide bonds. The first-order valence-corrected chi connectivity index (χ1v) is 6.17. The van der Waals surface area contributed by atoms with Gasteiger partial charge in [0, 0.05) is 27.4 Å². The summed E-state index contributed by atoms with van der Waals surface area (Å²) < 4.78 is 0.881. The predicted molar refractivity (Wildman–Crippen MR) is 75.8 cm³/mol. The van der Waals surface area contributed by atoms with Crippen LogP contribution >= 0.6 is 27.5 Å². The highest BCUT2D eigenvalue weighted by molar-refractivity contribution is 9.10. The average molecular weight is 313 g/mol.